The van der Waals surface area contributed by atoms with Crippen LogP contribution in [0.15, 0.2) is 0 Å². The molecular formula is C11H20N4O3S. The van der Waals surface area contributed by atoms with Crippen molar-refractivity contribution in [2.45, 2.75) is 6.42 Å². The Morgan fingerprint density at radius 1 is 1.21 bits per heavy atom. The van der Waals surface area contributed by atoms with Crippen LogP contribution in [0.4, 0.5) is 0 Å². The Kier molecular flexibility index (Phi) is 7.31. The summed E-state index contributed by atoms with van der Waals surface area (Å²) in [6, 6.07) is 0. The van der Waals surface area contributed by atoms with Crippen LogP contribution in [0, 0.1) is 0 Å². The van der Waals surface area contributed by atoms with Gasteiger partial charge in [0.1, 0.15) is 0 Å². The van der Waals surface area contributed by atoms with Gasteiger partial charge in [0, 0.05) is 19.6 Å². The molecule has 4 N–H and O–H groups in total. The lowest BCUT2D eigenvalue weighted by Crippen LogP contribution is -2.43. The first kappa shape index (κ1) is 15.8. The Hall–Kier alpha value is -1.25. The summed E-state index contributed by atoms with van der Waals surface area (Å²) in [5.74, 6) is -1.36. The van der Waals surface area contributed by atoms with Crippen LogP contribution in [0.5, 0.6) is 0 Å². The highest BCUT2D eigenvalue weighted by Gasteiger charge is 2.13. The van der Waals surface area contributed by atoms with Crippen molar-refractivity contribution >= 4 is 29.0 Å². The van der Waals surface area contributed by atoms with Crippen LogP contribution in [0.25, 0.3) is 0 Å². The number of amides is 2. The second-order valence-corrected chi connectivity index (χ2v) is 4.74. The Morgan fingerprint density at radius 3 is 2.47 bits per heavy atom. The number of nitrogens with one attached hydrogen (secondary N) is 2. The van der Waals surface area contributed by atoms with Crippen LogP contribution < -0.4 is 16.4 Å². The minimum absolute atomic E-state index is 0.0371. The molecule has 0 unspecified atom stereocenters. The van der Waals surface area contributed by atoms with Crippen molar-refractivity contribution in [3.05, 3.63) is 0 Å². The van der Waals surface area contributed by atoms with E-state index in [1.54, 1.807) is 0 Å². The topological polar surface area (TPSA) is 96.7 Å². The summed E-state index contributed by atoms with van der Waals surface area (Å²) in [7, 11) is 0. The van der Waals surface area contributed by atoms with Crippen LogP contribution in [-0.4, -0.2) is 67.6 Å². The third-order valence-electron chi connectivity index (χ3n) is 2.67. The zero-order valence-corrected chi connectivity index (χ0v) is 11.6. The van der Waals surface area contributed by atoms with Crippen molar-refractivity contribution in [2.75, 3.05) is 45.9 Å². The molecule has 8 heteroatoms. The molecular weight excluding hydrogens is 268 g/mol. The summed E-state index contributed by atoms with van der Waals surface area (Å²) in [6.07, 6.45) is 0.800. The molecule has 1 fully saturated rings. The van der Waals surface area contributed by atoms with Crippen LogP contribution in [-0.2, 0) is 14.3 Å². The molecule has 0 aromatic heterocycles. The molecule has 0 radical (unpaired) electrons. The van der Waals surface area contributed by atoms with Crippen molar-refractivity contribution in [3.63, 3.8) is 0 Å². The summed E-state index contributed by atoms with van der Waals surface area (Å²) in [5.41, 5.74) is 5.21. The number of thiocarbonyl (C=S) groups is 1. The first-order valence-electron chi connectivity index (χ1n) is 6.24. The Balaban J connectivity index is 2.05. The molecule has 108 valence electrons. The number of ether oxygens (including phenoxy) is 1. The van der Waals surface area contributed by atoms with Gasteiger partial charge in [-0.05, 0) is 13.0 Å². The predicted molar refractivity (Wildman–Crippen MR) is 74.7 cm³/mol. The first-order valence-corrected chi connectivity index (χ1v) is 6.65. The van der Waals surface area contributed by atoms with E-state index in [9.17, 15) is 9.59 Å². The van der Waals surface area contributed by atoms with Gasteiger partial charge >= 0.3 is 11.8 Å². The highest BCUT2D eigenvalue weighted by molar-refractivity contribution is 7.80. The van der Waals surface area contributed by atoms with E-state index in [4.69, 9.17) is 10.5 Å². The largest absolute Gasteiger partial charge is 0.392 e. The lowest BCUT2D eigenvalue weighted by Gasteiger charge is -2.26. The minimum Gasteiger partial charge on any atom is -0.392 e. The maximum absolute atomic E-state index is 11.4. The van der Waals surface area contributed by atoms with Gasteiger partial charge in [0.2, 0.25) is 0 Å². The molecule has 1 rings (SSSR count). The second kappa shape index (κ2) is 8.78. The van der Waals surface area contributed by atoms with Crippen molar-refractivity contribution in [3.8, 4) is 0 Å². The van der Waals surface area contributed by atoms with E-state index >= 15 is 0 Å². The van der Waals surface area contributed by atoms with E-state index < -0.39 is 11.8 Å². The molecule has 1 aliphatic rings. The van der Waals surface area contributed by atoms with Crippen LogP contribution in [0.1, 0.15) is 6.42 Å². The Bertz CT molecular complexity index is 332. The predicted octanol–water partition coefficient (Wildman–Crippen LogP) is -1.77. The number of carbonyl (C=O) groups excluding carboxylic acids is 2. The van der Waals surface area contributed by atoms with Gasteiger partial charge in [0.25, 0.3) is 0 Å². The molecule has 0 saturated carbocycles. The standard InChI is InChI=1S/C11H20N4O3S/c12-9(19)8-14-11(17)10(16)13-2-1-3-15-4-6-18-7-5-15/h1-8H2,(H2,12,19)(H,13,16)(H,14,17). The van der Waals surface area contributed by atoms with Gasteiger partial charge in [-0.1, -0.05) is 12.2 Å². The smallest absolute Gasteiger partial charge is 0.309 e. The lowest BCUT2D eigenvalue weighted by molar-refractivity contribution is -0.139. The molecule has 1 aliphatic heterocycles. The molecule has 7 nitrogen and oxygen atoms in total. The van der Waals surface area contributed by atoms with Crippen molar-refractivity contribution in [2.24, 2.45) is 5.73 Å². The Morgan fingerprint density at radius 2 is 1.84 bits per heavy atom. The number of morpholine rings is 1. The molecule has 1 heterocycles. The molecule has 1 saturated heterocycles. The average Bonchev–Trinajstić information content (AvgIpc) is 2.41. The fourth-order valence-electron chi connectivity index (χ4n) is 1.66. The number of carbonyl (C=O) groups is 2. The van der Waals surface area contributed by atoms with Gasteiger partial charge in [-0.15, -0.1) is 0 Å². The fraction of sp³-hybridized carbons (Fsp3) is 0.727. The monoisotopic (exact) mass is 288 g/mol. The quantitative estimate of drug-likeness (QED) is 0.304. The van der Waals surface area contributed by atoms with E-state index in [1.807, 2.05) is 0 Å². The maximum atomic E-state index is 11.4. The van der Waals surface area contributed by atoms with E-state index in [1.165, 1.54) is 0 Å². The van der Waals surface area contributed by atoms with Crippen molar-refractivity contribution < 1.29 is 14.3 Å². The normalized spacial score (nSPS) is 15.8. The number of hydrogen-bond acceptors (Lipinski definition) is 5. The average molecular weight is 288 g/mol. The van der Waals surface area contributed by atoms with Crippen molar-refractivity contribution in [1.29, 1.82) is 0 Å². The summed E-state index contributed by atoms with van der Waals surface area (Å²) in [4.78, 5) is 25.1. The van der Waals surface area contributed by atoms with E-state index in [2.05, 4.69) is 27.8 Å². The van der Waals surface area contributed by atoms with Gasteiger partial charge in [-0.25, -0.2) is 0 Å². The van der Waals surface area contributed by atoms with Gasteiger partial charge < -0.3 is 21.1 Å². The van der Waals surface area contributed by atoms with Crippen LogP contribution in [0.2, 0.25) is 0 Å². The van der Waals surface area contributed by atoms with Crippen molar-refractivity contribution in [1.82, 2.24) is 15.5 Å². The molecule has 0 spiro atoms. The fourth-order valence-corrected chi connectivity index (χ4v) is 1.73. The summed E-state index contributed by atoms with van der Waals surface area (Å²) < 4.78 is 5.24. The zero-order chi connectivity index (χ0) is 14.1. The molecule has 0 aromatic carbocycles. The Labute approximate surface area is 117 Å². The van der Waals surface area contributed by atoms with E-state index in [0.717, 1.165) is 39.3 Å². The lowest BCUT2D eigenvalue weighted by atomic mass is 10.3. The molecule has 0 bridgehead atoms. The molecule has 19 heavy (non-hydrogen) atoms. The summed E-state index contributed by atoms with van der Waals surface area (Å²) >= 11 is 4.59. The third-order valence-corrected chi connectivity index (χ3v) is 2.81. The van der Waals surface area contributed by atoms with Gasteiger partial charge in [0.15, 0.2) is 0 Å². The highest BCUT2D eigenvalue weighted by atomic mass is 32.1. The first-order chi connectivity index (χ1) is 9.09. The van der Waals surface area contributed by atoms with Crippen LogP contribution >= 0.6 is 12.2 Å². The van der Waals surface area contributed by atoms with Crippen LogP contribution in [0.3, 0.4) is 0 Å². The molecule has 0 aliphatic carbocycles. The molecule has 2 amide bonds. The zero-order valence-electron chi connectivity index (χ0n) is 10.8. The maximum Gasteiger partial charge on any atom is 0.309 e. The molecule has 0 atom stereocenters. The van der Waals surface area contributed by atoms with E-state index in [-0.39, 0.29) is 11.5 Å². The third kappa shape index (κ3) is 7.04. The van der Waals surface area contributed by atoms with Gasteiger partial charge in [0.05, 0.1) is 24.7 Å². The summed E-state index contributed by atoms with van der Waals surface area (Å²) in [5, 5.41) is 4.88. The van der Waals surface area contributed by atoms with E-state index in [0.29, 0.717) is 6.54 Å². The highest BCUT2D eigenvalue weighted by Crippen LogP contribution is 1.97. The molecule has 0 aromatic rings. The number of nitrogens with two attached hydrogens (primary N) is 1. The number of nitrogens with zero attached hydrogens (tertiary/aromatic N) is 1. The SMILES string of the molecule is NC(=S)CNC(=O)C(=O)NCCCN1CCOCC1. The second-order valence-electron chi connectivity index (χ2n) is 4.21. The summed E-state index contributed by atoms with van der Waals surface area (Å²) in [6.45, 7) is 4.75. The van der Waals surface area contributed by atoms with Gasteiger partial charge in [-0.2, -0.15) is 0 Å². The minimum atomic E-state index is -0.709. The number of rotatable bonds is 6. The number of hydrogen-bond donors (Lipinski definition) is 3. The van der Waals surface area contributed by atoms with Gasteiger partial charge in [-0.3, -0.25) is 14.5 Å².